The maximum absolute atomic E-state index is 10.6. The van der Waals surface area contributed by atoms with Gasteiger partial charge in [0.2, 0.25) is 0 Å². The second-order valence-corrected chi connectivity index (χ2v) is 5.43. The van der Waals surface area contributed by atoms with Crippen LogP contribution in [0.1, 0.15) is 29.2 Å². The fourth-order valence-electron chi connectivity index (χ4n) is 2.65. The molecule has 2 aromatic rings. The number of aliphatic hydroxyl groups excluding tert-OH is 1. The summed E-state index contributed by atoms with van der Waals surface area (Å²) in [5, 5.41) is 11.1. The van der Waals surface area contributed by atoms with E-state index in [1.807, 2.05) is 36.4 Å². The Morgan fingerprint density at radius 3 is 2.95 bits per heavy atom. The lowest BCUT2D eigenvalue weighted by Crippen LogP contribution is -2.12. The van der Waals surface area contributed by atoms with Crippen molar-refractivity contribution in [1.82, 2.24) is 4.98 Å². The van der Waals surface area contributed by atoms with Crippen LogP contribution in [-0.4, -0.2) is 17.2 Å². The number of aryl methyl sites for hydroxylation is 1. The lowest BCUT2D eigenvalue weighted by molar-refractivity contribution is 0.205. The molecule has 1 aromatic heterocycles. The van der Waals surface area contributed by atoms with Crippen LogP contribution in [0.3, 0.4) is 0 Å². The molecule has 21 heavy (non-hydrogen) atoms. The van der Waals surface area contributed by atoms with Crippen LogP contribution in [0, 0.1) is 0 Å². The van der Waals surface area contributed by atoms with Crippen molar-refractivity contribution in [3.8, 4) is 5.75 Å². The summed E-state index contributed by atoms with van der Waals surface area (Å²) < 4.78 is 5.24. The summed E-state index contributed by atoms with van der Waals surface area (Å²) in [7, 11) is 1.63. The van der Waals surface area contributed by atoms with E-state index in [9.17, 15) is 5.11 Å². The minimum Gasteiger partial charge on any atom is -0.497 e. The molecule has 0 saturated heterocycles. The van der Waals surface area contributed by atoms with Crippen LogP contribution in [0.2, 0.25) is 5.15 Å². The van der Waals surface area contributed by atoms with E-state index in [0.29, 0.717) is 5.15 Å². The molecule has 4 heteroatoms. The van der Waals surface area contributed by atoms with Gasteiger partial charge in [-0.1, -0.05) is 23.7 Å². The number of methoxy groups -OCH3 is 1. The van der Waals surface area contributed by atoms with Crippen molar-refractivity contribution >= 4 is 17.7 Å². The molecule has 0 radical (unpaired) electrons. The fraction of sp³-hybridized carbons (Fsp3) is 0.235. The summed E-state index contributed by atoms with van der Waals surface area (Å²) in [6, 6.07) is 9.59. The molecule has 1 aliphatic rings. The van der Waals surface area contributed by atoms with Gasteiger partial charge in [0, 0.05) is 11.8 Å². The quantitative estimate of drug-likeness (QED) is 0.858. The van der Waals surface area contributed by atoms with E-state index in [2.05, 4.69) is 4.98 Å². The van der Waals surface area contributed by atoms with Crippen molar-refractivity contribution in [3.63, 3.8) is 0 Å². The van der Waals surface area contributed by atoms with Crippen molar-refractivity contribution in [2.24, 2.45) is 0 Å². The highest BCUT2D eigenvalue weighted by molar-refractivity contribution is 6.30. The van der Waals surface area contributed by atoms with E-state index in [1.165, 1.54) is 0 Å². The lowest BCUT2D eigenvalue weighted by Gasteiger charge is -2.25. The first-order valence-electron chi connectivity index (χ1n) is 6.85. The van der Waals surface area contributed by atoms with E-state index in [4.69, 9.17) is 16.3 Å². The molecule has 0 saturated carbocycles. The van der Waals surface area contributed by atoms with Gasteiger partial charge in [0.1, 0.15) is 17.0 Å². The Hall–Kier alpha value is -1.84. The van der Waals surface area contributed by atoms with Crippen LogP contribution >= 0.6 is 11.6 Å². The predicted molar refractivity (Wildman–Crippen MR) is 83.5 cm³/mol. The first kappa shape index (κ1) is 14.1. The van der Waals surface area contributed by atoms with Gasteiger partial charge >= 0.3 is 0 Å². The number of pyridine rings is 1. The van der Waals surface area contributed by atoms with Crippen LogP contribution in [0.25, 0.3) is 6.08 Å². The van der Waals surface area contributed by atoms with Crippen LogP contribution in [0.4, 0.5) is 0 Å². The average molecular weight is 302 g/mol. The molecular formula is C17H16ClNO2. The van der Waals surface area contributed by atoms with Gasteiger partial charge in [-0.15, -0.1) is 0 Å². The van der Waals surface area contributed by atoms with E-state index in [0.717, 1.165) is 40.9 Å². The van der Waals surface area contributed by atoms with Gasteiger partial charge in [-0.3, -0.25) is 0 Å². The first-order chi connectivity index (χ1) is 10.2. The van der Waals surface area contributed by atoms with E-state index in [-0.39, 0.29) is 0 Å². The molecule has 0 bridgehead atoms. The number of hydrogen-bond acceptors (Lipinski definition) is 3. The largest absolute Gasteiger partial charge is 0.497 e. The molecule has 1 atom stereocenters. The molecule has 3 nitrogen and oxygen atoms in total. The molecule has 0 aliphatic heterocycles. The average Bonchev–Trinajstić information content (AvgIpc) is 2.52. The number of halogens is 1. The van der Waals surface area contributed by atoms with Crippen LogP contribution in [0.5, 0.6) is 5.75 Å². The monoisotopic (exact) mass is 301 g/mol. The number of rotatable bonds is 2. The van der Waals surface area contributed by atoms with Crippen LogP contribution < -0.4 is 4.74 Å². The molecule has 1 N–H and O–H groups in total. The maximum atomic E-state index is 10.6. The molecule has 1 aliphatic carbocycles. The van der Waals surface area contributed by atoms with Gasteiger partial charge in [0.25, 0.3) is 0 Å². The smallest absolute Gasteiger partial charge is 0.136 e. The minimum atomic E-state index is -0.625. The van der Waals surface area contributed by atoms with Gasteiger partial charge in [0.05, 0.1) is 7.11 Å². The minimum absolute atomic E-state index is 0.452. The summed E-state index contributed by atoms with van der Waals surface area (Å²) in [4.78, 5) is 4.06. The Labute approximate surface area is 128 Å². The highest BCUT2D eigenvalue weighted by Gasteiger charge is 2.23. The first-order valence-corrected chi connectivity index (χ1v) is 7.22. The van der Waals surface area contributed by atoms with Crippen molar-refractivity contribution in [2.45, 2.75) is 18.9 Å². The Bertz CT molecular complexity index is 697. The highest BCUT2D eigenvalue weighted by atomic mass is 35.5. The zero-order valence-electron chi connectivity index (χ0n) is 11.7. The summed E-state index contributed by atoms with van der Waals surface area (Å²) in [5.74, 6) is 0.758. The van der Waals surface area contributed by atoms with E-state index < -0.39 is 6.10 Å². The third-order valence-electron chi connectivity index (χ3n) is 3.81. The Morgan fingerprint density at radius 2 is 2.19 bits per heavy atom. The van der Waals surface area contributed by atoms with Crippen molar-refractivity contribution in [1.29, 1.82) is 0 Å². The van der Waals surface area contributed by atoms with Gasteiger partial charge in [-0.2, -0.15) is 0 Å². The van der Waals surface area contributed by atoms with E-state index in [1.54, 1.807) is 13.3 Å². The highest BCUT2D eigenvalue weighted by Crippen LogP contribution is 2.37. The molecule has 1 aromatic carbocycles. The normalized spacial score (nSPS) is 19.4. The third-order valence-corrected chi connectivity index (χ3v) is 4.13. The summed E-state index contributed by atoms with van der Waals surface area (Å²) in [6.07, 6.45) is 4.68. The van der Waals surface area contributed by atoms with Crippen molar-refractivity contribution in [2.75, 3.05) is 7.11 Å². The van der Waals surface area contributed by atoms with Crippen molar-refractivity contribution < 1.29 is 9.84 Å². The maximum Gasteiger partial charge on any atom is 0.136 e. The lowest BCUT2D eigenvalue weighted by atomic mass is 9.85. The van der Waals surface area contributed by atoms with Crippen LogP contribution in [-0.2, 0) is 6.42 Å². The molecule has 0 fully saturated rings. The Balaban J connectivity index is 1.98. The Morgan fingerprint density at radius 1 is 1.33 bits per heavy atom. The second-order valence-electron chi connectivity index (χ2n) is 5.07. The standard InChI is InChI=1S/C17H16ClNO2/c1-21-14-7-6-11-4-5-12(16(20)15(11)10-14)9-13-3-2-8-19-17(13)18/h2-3,6-10,16,20H,4-5H2,1H3. The van der Waals surface area contributed by atoms with Crippen molar-refractivity contribution in [3.05, 3.63) is 63.9 Å². The zero-order valence-corrected chi connectivity index (χ0v) is 12.5. The fourth-order valence-corrected chi connectivity index (χ4v) is 2.83. The SMILES string of the molecule is COc1ccc2c(c1)C(O)C(=Cc1cccnc1Cl)CC2. The summed E-state index contributed by atoms with van der Waals surface area (Å²) >= 11 is 6.08. The number of fused-ring (bicyclic) bond motifs is 1. The van der Waals surface area contributed by atoms with Gasteiger partial charge in [-0.25, -0.2) is 4.98 Å². The van der Waals surface area contributed by atoms with Gasteiger partial charge in [0.15, 0.2) is 0 Å². The number of benzene rings is 1. The predicted octanol–water partition coefficient (Wildman–Crippen LogP) is 3.81. The number of aliphatic hydroxyl groups is 1. The molecule has 0 amide bonds. The summed E-state index contributed by atoms with van der Waals surface area (Å²) in [5.41, 5.74) is 3.86. The van der Waals surface area contributed by atoms with Crippen LogP contribution in [0.15, 0.2) is 42.1 Å². The second kappa shape index (κ2) is 5.88. The number of hydrogen-bond donors (Lipinski definition) is 1. The number of nitrogens with zero attached hydrogens (tertiary/aromatic N) is 1. The van der Waals surface area contributed by atoms with Gasteiger partial charge < -0.3 is 9.84 Å². The molecule has 3 rings (SSSR count). The van der Waals surface area contributed by atoms with E-state index >= 15 is 0 Å². The molecule has 1 heterocycles. The number of ether oxygens (including phenoxy) is 1. The number of aromatic nitrogens is 1. The van der Waals surface area contributed by atoms with Gasteiger partial charge in [-0.05, 0) is 53.8 Å². The zero-order chi connectivity index (χ0) is 14.8. The third kappa shape index (κ3) is 2.80. The Kier molecular flexibility index (Phi) is 3.95. The molecule has 0 spiro atoms. The summed E-state index contributed by atoms with van der Waals surface area (Å²) in [6.45, 7) is 0. The molecule has 1 unspecified atom stereocenters. The topological polar surface area (TPSA) is 42.4 Å². The molecular weight excluding hydrogens is 286 g/mol. The molecule has 108 valence electrons.